The molecule has 0 rings (SSSR count). The molecule has 2 nitrogen and oxygen atoms in total. The molecule has 0 bridgehead atoms. The van der Waals surface area contributed by atoms with Crippen molar-refractivity contribution < 1.29 is 9.53 Å². The van der Waals surface area contributed by atoms with E-state index >= 15 is 0 Å². The van der Waals surface area contributed by atoms with Crippen molar-refractivity contribution >= 4 is 14.0 Å². The van der Waals surface area contributed by atoms with E-state index in [2.05, 4.69) is 32.6 Å². The Kier molecular flexibility index (Phi) is 6.90. The Morgan fingerprint density at radius 2 is 1.78 bits per heavy atom. The van der Waals surface area contributed by atoms with Crippen LogP contribution in [0, 0.1) is 5.41 Å². The minimum atomic E-state index is -1.38. The molecule has 0 N–H and O–H groups in total. The average molecular weight is 270 g/mol. The summed E-state index contributed by atoms with van der Waals surface area (Å²) in [5.74, 6) is -0.109. The molecule has 18 heavy (non-hydrogen) atoms. The van der Waals surface area contributed by atoms with Gasteiger partial charge in [-0.1, -0.05) is 45.5 Å². The van der Waals surface area contributed by atoms with Crippen LogP contribution in [0.2, 0.25) is 19.6 Å². The highest BCUT2D eigenvalue weighted by Gasteiger charge is 2.25. The Bertz CT molecular complexity index is 293. The number of rotatable bonds is 6. The summed E-state index contributed by atoms with van der Waals surface area (Å²) in [4.78, 5) is 11.8. The molecular weight excluding hydrogens is 240 g/mol. The molecule has 0 aliphatic heterocycles. The SMILES string of the molecule is CCCC/C=C(\COC(=O)C(C)(C)C)[Si](C)(C)C. The first-order chi connectivity index (χ1) is 8.09. The molecule has 0 aliphatic carbocycles. The molecule has 106 valence electrons. The van der Waals surface area contributed by atoms with E-state index in [1.165, 1.54) is 18.0 Å². The molecule has 3 heteroatoms. The third kappa shape index (κ3) is 6.99. The van der Waals surface area contributed by atoms with Crippen molar-refractivity contribution in [2.75, 3.05) is 6.61 Å². The van der Waals surface area contributed by atoms with Crippen molar-refractivity contribution in [1.82, 2.24) is 0 Å². The molecule has 0 spiro atoms. The van der Waals surface area contributed by atoms with Crippen LogP contribution in [0.1, 0.15) is 47.0 Å². The van der Waals surface area contributed by atoms with Gasteiger partial charge in [0.05, 0.1) is 13.5 Å². The molecular formula is C15H30O2Si. The highest BCUT2D eigenvalue weighted by molar-refractivity contribution is 6.83. The van der Waals surface area contributed by atoms with Gasteiger partial charge in [-0.3, -0.25) is 4.79 Å². The number of allylic oxidation sites excluding steroid dienone is 1. The van der Waals surface area contributed by atoms with E-state index in [9.17, 15) is 4.79 Å². The van der Waals surface area contributed by atoms with Gasteiger partial charge in [0.1, 0.15) is 6.61 Å². The summed E-state index contributed by atoms with van der Waals surface area (Å²) >= 11 is 0. The minimum Gasteiger partial charge on any atom is -0.461 e. The van der Waals surface area contributed by atoms with Crippen LogP contribution < -0.4 is 0 Å². The first-order valence-electron chi connectivity index (χ1n) is 6.95. The maximum absolute atomic E-state index is 11.8. The van der Waals surface area contributed by atoms with Gasteiger partial charge in [0.25, 0.3) is 0 Å². The van der Waals surface area contributed by atoms with Crippen LogP contribution in [0.25, 0.3) is 0 Å². The second-order valence-corrected chi connectivity index (χ2v) is 12.1. The van der Waals surface area contributed by atoms with E-state index < -0.39 is 13.5 Å². The maximum Gasteiger partial charge on any atom is 0.311 e. The van der Waals surface area contributed by atoms with Crippen LogP contribution in [0.4, 0.5) is 0 Å². The lowest BCUT2D eigenvalue weighted by Crippen LogP contribution is -2.30. The lowest BCUT2D eigenvalue weighted by atomic mass is 9.97. The summed E-state index contributed by atoms with van der Waals surface area (Å²) in [5.41, 5.74) is -0.409. The third-order valence-corrected chi connectivity index (χ3v) is 5.16. The largest absolute Gasteiger partial charge is 0.461 e. The first kappa shape index (κ1) is 17.4. The Balaban J connectivity index is 4.54. The van der Waals surface area contributed by atoms with Crippen molar-refractivity contribution in [3.8, 4) is 0 Å². The molecule has 0 aromatic heterocycles. The van der Waals surface area contributed by atoms with Crippen LogP contribution in [-0.2, 0) is 9.53 Å². The van der Waals surface area contributed by atoms with Crippen molar-refractivity contribution in [1.29, 1.82) is 0 Å². The van der Waals surface area contributed by atoms with E-state index in [0.717, 1.165) is 6.42 Å². The minimum absolute atomic E-state index is 0.109. The van der Waals surface area contributed by atoms with E-state index in [0.29, 0.717) is 6.61 Å². The van der Waals surface area contributed by atoms with Crippen molar-refractivity contribution in [3.63, 3.8) is 0 Å². The summed E-state index contributed by atoms with van der Waals surface area (Å²) in [6.45, 7) is 15.3. The van der Waals surface area contributed by atoms with Gasteiger partial charge in [0.2, 0.25) is 0 Å². The van der Waals surface area contributed by atoms with Crippen molar-refractivity contribution in [2.45, 2.75) is 66.6 Å². The van der Waals surface area contributed by atoms with Crippen molar-refractivity contribution in [2.24, 2.45) is 5.41 Å². The molecule has 0 unspecified atom stereocenters. The molecule has 0 saturated carbocycles. The highest BCUT2D eigenvalue weighted by atomic mass is 28.3. The van der Waals surface area contributed by atoms with Crippen LogP contribution in [0.3, 0.4) is 0 Å². The number of hydrogen-bond donors (Lipinski definition) is 0. The summed E-state index contributed by atoms with van der Waals surface area (Å²) in [6.07, 6.45) is 5.81. The van der Waals surface area contributed by atoms with E-state index in [1.807, 2.05) is 20.8 Å². The predicted octanol–water partition coefficient (Wildman–Crippen LogP) is 4.57. The fraction of sp³-hybridized carbons (Fsp3) is 0.800. The Hall–Kier alpha value is -0.573. The second-order valence-electron chi connectivity index (χ2n) is 6.95. The average Bonchev–Trinajstić information content (AvgIpc) is 2.19. The summed E-state index contributed by atoms with van der Waals surface area (Å²) in [5, 5.41) is 1.36. The zero-order valence-corrected chi connectivity index (χ0v) is 14.2. The molecule has 0 aromatic carbocycles. The van der Waals surface area contributed by atoms with E-state index in [4.69, 9.17) is 4.74 Å². The summed E-state index contributed by atoms with van der Waals surface area (Å²) in [6, 6.07) is 0. The van der Waals surface area contributed by atoms with Gasteiger partial charge in [0, 0.05) is 0 Å². The fourth-order valence-electron chi connectivity index (χ4n) is 1.42. The van der Waals surface area contributed by atoms with Gasteiger partial charge in [-0.2, -0.15) is 0 Å². The predicted molar refractivity (Wildman–Crippen MR) is 81.4 cm³/mol. The zero-order chi connectivity index (χ0) is 14.4. The number of esters is 1. The molecule has 0 amide bonds. The van der Waals surface area contributed by atoms with E-state index in [1.54, 1.807) is 0 Å². The van der Waals surface area contributed by atoms with Crippen LogP contribution >= 0.6 is 0 Å². The first-order valence-corrected chi connectivity index (χ1v) is 10.5. The van der Waals surface area contributed by atoms with Crippen LogP contribution in [-0.4, -0.2) is 20.7 Å². The fourth-order valence-corrected chi connectivity index (χ4v) is 2.68. The summed E-state index contributed by atoms with van der Waals surface area (Å²) < 4.78 is 5.45. The molecule has 0 fully saturated rings. The van der Waals surface area contributed by atoms with Gasteiger partial charge in [0.15, 0.2) is 0 Å². The molecule has 0 aromatic rings. The summed E-state index contributed by atoms with van der Waals surface area (Å²) in [7, 11) is -1.38. The normalized spacial score (nSPS) is 13.6. The standard InChI is InChI=1S/C15H30O2Si/c1-8-9-10-11-13(18(5,6)7)12-17-14(16)15(2,3)4/h11H,8-10,12H2,1-7H3/b13-11+. The van der Waals surface area contributed by atoms with Gasteiger partial charge in [-0.05, 0) is 32.4 Å². The van der Waals surface area contributed by atoms with E-state index in [-0.39, 0.29) is 5.97 Å². The zero-order valence-electron chi connectivity index (χ0n) is 13.2. The third-order valence-electron chi connectivity index (χ3n) is 2.88. The van der Waals surface area contributed by atoms with Gasteiger partial charge in [-0.25, -0.2) is 0 Å². The Labute approximate surface area is 114 Å². The second kappa shape index (κ2) is 7.12. The highest BCUT2D eigenvalue weighted by Crippen LogP contribution is 2.20. The number of unbranched alkanes of at least 4 members (excludes halogenated alkanes) is 2. The molecule has 0 radical (unpaired) electrons. The van der Waals surface area contributed by atoms with Crippen molar-refractivity contribution in [3.05, 3.63) is 11.3 Å². The maximum atomic E-state index is 11.8. The smallest absolute Gasteiger partial charge is 0.311 e. The van der Waals surface area contributed by atoms with Gasteiger partial charge >= 0.3 is 5.97 Å². The quantitative estimate of drug-likeness (QED) is 0.401. The lowest BCUT2D eigenvalue weighted by Gasteiger charge is -2.23. The number of ether oxygens (including phenoxy) is 1. The monoisotopic (exact) mass is 270 g/mol. The molecule has 0 atom stereocenters. The number of carbonyl (C=O) groups excluding carboxylic acids is 1. The molecule has 0 heterocycles. The number of carbonyl (C=O) groups is 1. The van der Waals surface area contributed by atoms with Gasteiger partial charge in [-0.15, -0.1) is 0 Å². The Morgan fingerprint density at radius 1 is 1.22 bits per heavy atom. The molecule has 0 saturated heterocycles. The van der Waals surface area contributed by atoms with Crippen LogP contribution in [0.15, 0.2) is 11.3 Å². The molecule has 0 aliphatic rings. The Morgan fingerprint density at radius 3 is 2.17 bits per heavy atom. The van der Waals surface area contributed by atoms with Crippen LogP contribution in [0.5, 0.6) is 0 Å². The number of hydrogen-bond acceptors (Lipinski definition) is 2. The van der Waals surface area contributed by atoms with Gasteiger partial charge < -0.3 is 4.74 Å². The topological polar surface area (TPSA) is 26.3 Å². The lowest BCUT2D eigenvalue weighted by molar-refractivity contribution is -0.151.